The number of rotatable bonds is 6. The van der Waals surface area contributed by atoms with Gasteiger partial charge in [0.1, 0.15) is 5.75 Å². The first-order chi connectivity index (χ1) is 10.3. The van der Waals surface area contributed by atoms with E-state index >= 15 is 0 Å². The topological polar surface area (TPSA) is 34.1 Å². The highest BCUT2D eigenvalue weighted by molar-refractivity contribution is 5.27. The molecule has 1 aromatic rings. The van der Waals surface area contributed by atoms with E-state index < -0.39 is 0 Å². The Morgan fingerprint density at radius 3 is 2.86 bits per heavy atom. The molecule has 3 heteroatoms. The minimum Gasteiger partial charge on any atom is -0.492 e. The smallest absolute Gasteiger partial charge is 0.137 e. The summed E-state index contributed by atoms with van der Waals surface area (Å²) in [5, 5.41) is 3.73. The summed E-state index contributed by atoms with van der Waals surface area (Å²) in [6.45, 7) is 6.29. The molecule has 2 fully saturated rings. The van der Waals surface area contributed by atoms with Gasteiger partial charge in [-0.2, -0.15) is 0 Å². The molecule has 0 aromatic carbocycles. The molecule has 3 unspecified atom stereocenters. The van der Waals surface area contributed by atoms with Gasteiger partial charge in [0.05, 0.1) is 12.8 Å². The van der Waals surface area contributed by atoms with Crippen LogP contribution in [0.1, 0.15) is 57.4 Å². The fourth-order valence-electron chi connectivity index (χ4n) is 3.59. The zero-order valence-electron chi connectivity index (χ0n) is 13.3. The van der Waals surface area contributed by atoms with Gasteiger partial charge in [-0.05, 0) is 68.5 Å². The molecule has 1 N–H and O–H groups in total. The van der Waals surface area contributed by atoms with Gasteiger partial charge in [-0.15, -0.1) is 0 Å². The molecule has 0 aliphatic heterocycles. The number of ether oxygens (including phenoxy) is 1. The van der Waals surface area contributed by atoms with Gasteiger partial charge < -0.3 is 10.1 Å². The van der Waals surface area contributed by atoms with Crippen LogP contribution >= 0.6 is 0 Å². The van der Waals surface area contributed by atoms with Crippen molar-refractivity contribution in [1.29, 1.82) is 0 Å². The Morgan fingerprint density at radius 1 is 1.24 bits per heavy atom. The Bertz CT molecular complexity index is 458. The van der Waals surface area contributed by atoms with E-state index in [1.807, 2.05) is 13.1 Å². The molecule has 0 amide bonds. The molecule has 1 aromatic heterocycles. The first-order valence-electron chi connectivity index (χ1n) is 8.57. The molecule has 0 saturated heterocycles. The van der Waals surface area contributed by atoms with E-state index in [9.17, 15) is 0 Å². The third kappa shape index (κ3) is 3.97. The predicted octanol–water partition coefficient (Wildman–Crippen LogP) is 3.75. The largest absolute Gasteiger partial charge is 0.492 e. The van der Waals surface area contributed by atoms with Crippen LogP contribution in [0.15, 0.2) is 18.5 Å². The fourth-order valence-corrected chi connectivity index (χ4v) is 3.59. The molecule has 2 aliphatic rings. The Balaban J connectivity index is 1.72. The summed E-state index contributed by atoms with van der Waals surface area (Å²) in [7, 11) is 0. The highest BCUT2D eigenvalue weighted by Crippen LogP contribution is 2.41. The lowest BCUT2D eigenvalue weighted by Crippen LogP contribution is -2.32. The van der Waals surface area contributed by atoms with E-state index in [1.54, 1.807) is 0 Å². The molecule has 2 saturated carbocycles. The minimum absolute atomic E-state index is 0.632. The molecular formula is C18H28N2O. The summed E-state index contributed by atoms with van der Waals surface area (Å²) in [6.07, 6.45) is 10.6. The Hall–Kier alpha value is -1.09. The number of pyridine rings is 1. The molecule has 3 atom stereocenters. The average molecular weight is 288 g/mol. The van der Waals surface area contributed by atoms with Crippen LogP contribution in [-0.2, 0) is 0 Å². The molecule has 21 heavy (non-hydrogen) atoms. The first-order valence-corrected chi connectivity index (χ1v) is 8.57. The Labute approximate surface area is 128 Å². The van der Waals surface area contributed by atoms with Crippen LogP contribution in [0, 0.1) is 11.8 Å². The van der Waals surface area contributed by atoms with E-state index in [0.29, 0.717) is 12.5 Å². The minimum atomic E-state index is 0.632. The number of aromatic nitrogens is 1. The SMILES string of the molecule is CCOc1cncc(C2CC(C)CCC2CNC2CC2)c1. The zero-order valence-corrected chi connectivity index (χ0v) is 13.3. The molecule has 2 aliphatic carbocycles. The lowest BCUT2D eigenvalue weighted by Gasteiger charge is -2.35. The monoisotopic (exact) mass is 288 g/mol. The second-order valence-electron chi connectivity index (χ2n) is 6.85. The molecule has 0 radical (unpaired) electrons. The van der Waals surface area contributed by atoms with Gasteiger partial charge >= 0.3 is 0 Å². The number of nitrogens with zero attached hydrogens (tertiary/aromatic N) is 1. The van der Waals surface area contributed by atoms with Crippen LogP contribution in [0.5, 0.6) is 5.75 Å². The maximum atomic E-state index is 5.63. The molecule has 3 rings (SSSR count). The van der Waals surface area contributed by atoms with E-state index in [4.69, 9.17) is 4.74 Å². The number of hydrogen-bond donors (Lipinski definition) is 1. The zero-order chi connectivity index (χ0) is 14.7. The normalized spacial score (nSPS) is 29.3. The van der Waals surface area contributed by atoms with E-state index in [-0.39, 0.29) is 0 Å². The van der Waals surface area contributed by atoms with Gasteiger partial charge in [0, 0.05) is 12.2 Å². The standard InChI is InChI=1S/C18H28N2O/c1-3-21-17-9-15(10-19-12-17)18-8-13(2)4-5-14(18)11-20-16-6-7-16/h9-10,12-14,16,18,20H,3-8,11H2,1-2H3. The van der Waals surface area contributed by atoms with Crippen molar-refractivity contribution in [1.82, 2.24) is 10.3 Å². The van der Waals surface area contributed by atoms with Crippen LogP contribution in [0.2, 0.25) is 0 Å². The average Bonchev–Trinajstić information content (AvgIpc) is 3.31. The lowest BCUT2D eigenvalue weighted by atomic mass is 9.72. The quantitative estimate of drug-likeness (QED) is 0.865. The summed E-state index contributed by atoms with van der Waals surface area (Å²) in [6, 6.07) is 3.02. The van der Waals surface area contributed by atoms with Crippen LogP contribution < -0.4 is 10.1 Å². The van der Waals surface area contributed by atoms with Crippen LogP contribution in [0.3, 0.4) is 0 Å². The van der Waals surface area contributed by atoms with Gasteiger partial charge in [-0.3, -0.25) is 4.98 Å². The van der Waals surface area contributed by atoms with Crippen LogP contribution in [0.25, 0.3) is 0 Å². The summed E-state index contributed by atoms with van der Waals surface area (Å²) >= 11 is 0. The molecular weight excluding hydrogens is 260 g/mol. The second kappa shape index (κ2) is 6.78. The van der Waals surface area contributed by atoms with Crippen molar-refractivity contribution in [2.75, 3.05) is 13.2 Å². The molecule has 0 spiro atoms. The van der Waals surface area contributed by atoms with Gasteiger partial charge in [0.15, 0.2) is 0 Å². The third-order valence-electron chi connectivity index (χ3n) is 4.98. The second-order valence-corrected chi connectivity index (χ2v) is 6.85. The van der Waals surface area contributed by atoms with E-state index in [2.05, 4.69) is 29.5 Å². The lowest BCUT2D eigenvalue weighted by molar-refractivity contribution is 0.240. The summed E-state index contributed by atoms with van der Waals surface area (Å²) in [4.78, 5) is 4.40. The van der Waals surface area contributed by atoms with Crippen molar-refractivity contribution in [3.05, 3.63) is 24.0 Å². The third-order valence-corrected chi connectivity index (χ3v) is 4.98. The van der Waals surface area contributed by atoms with E-state index in [0.717, 1.165) is 23.6 Å². The Kier molecular flexibility index (Phi) is 4.79. The summed E-state index contributed by atoms with van der Waals surface area (Å²) in [5.41, 5.74) is 1.37. The van der Waals surface area contributed by atoms with E-state index in [1.165, 1.54) is 44.2 Å². The predicted molar refractivity (Wildman–Crippen MR) is 85.7 cm³/mol. The van der Waals surface area contributed by atoms with Crippen molar-refractivity contribution < 1.29 is 4.74 Å². The van der Waals surface area contributed by atoms with Crippen molar-refractivity contribution >= 4 is 0 Å². The molecule has 3 nitrogen and oxygen atoms in total. The summed E-state index contributed by atoms with van der Waals surface area (Å²) in [5.74, 6) is 3.12. The Morgan fingerprint density at radius 2 is 2.10 bits per heavy atom. The van der Waals surface area contributed by atoms with Gasteiger partial charge in [0.2, 0.25) is 0 Å². The van der Waals surface area contributed by atoms with Crippen molar-refractivity contribution in [2.45, 2.75) is 57.9 Å². The van der Waals surface area contributed by atoms with Crippen molar-refractivity contribution in [3.8, 4) is 5.75 Å². The highest BCUT2D eigenvalue weighted by atomic mass is 16.5. The first kappa shape index (κ1) is 14.8. The van der Waals surface area contributed by atoms with Gasteiger partial charge in [-0.25, -0.2) is 0 Å². The summed E-state index contributed by atoms with van der Waals surface area (Å²) < 4.78 is 5.63. The maximum Gasteiger partial charge on any atom is 0.137 e. The van der Waals surface area contributed by atoms with Gasteiger partial charge in [-0.1, -0.05) is 13.3 Å². The highest BCUT2D eigenvalue weighted by Gasteiger charge is 2.31. The van der Waals surface area contributed by atoms with Gasteiger partial charge in [0.25, 0.3) is 0 Å². The van der Waals surface area contributed by atoms with Crippen molar-refractivity contribution in [3.63, 3.8) is 0 Å². The maximum absolute atomic E-state index is 5.63. The van der Waals surface area contributed by atoms with Crippen LogP contribution in [0.4, 0.5) is 0 Å². The van der Waals surface area contributed by atoms with Crippen molar-refractivity contribution in [2.24, 2.45) is 11.8 Å². The molecule has 1 heterocycles. The molecule has 116 valence electrons. The molecule has 0 bridgehead atoms. The fraction of sp³-hybridized carbons (Fsp3) is 0.722. The number of hydrogen-bond acceptors (Lipinski definition) is 3. The number of nitrogens with one attached hydrogen (secondary N) is 1. The van der Waals surface area contributed by atoms with Crippen LogP contribution in [-0.4, -0.2) is 24.2 Å².